The van der Waals surface area contributed by atoms with Gasteiger partial charge in [0, 0.05) is 23.9 Å². The molecule has 4 heteroatoms. The zero-order valence-electron chi connectivity index (χ0n) is 39.2. The van der Waals surface area contributed by atoms with Gasteiger partial charge in [-0.2, -0.15) is 0 Å². The molecule has 0 radical (unpaired) electrons. The number of allylic oxidation sites excluding steroid dienone is 5. The zero-order valence-corrected chi connectivity index (χ0v) is 39.2. The van der Waals surface area contributed by atoms with Gasteiger partial charge in [0.1, 0.15) is 0 Å². The summed E-state index contributed by atoms with van der Waals surface area (Å²) in [5.41, 5.74) is 16.8. The van der Waals surface area contributed by atoms with E-state index in [1.165, 1.54) is 101 Å². The Kier molecular flexibility index (Phi) is 12.5. The molecular formula is C54H88N2O2. The summed E-state index contributed by atoms with van der Waals surface area (Å²) < 4.78 is 0. The van der Waals surface area contributed by atoms with Gasteiger partial charge < -0.3 is 11.5 Å². The molecule has 4 N–H and O–H groups in total. The van der Waals surface area contributed by atoms with E-state index < -0.39 is 0 Å². The van der Waals surface area contributed by atoms with Crippen LogP contribution in [0, 0.1) is 80.8 Å². The van der Waals surface area contributed by atoms with Crippen LogP contribution in [0.3, 0.4) is 0 Å². The Balaban J connectivity index is 0.000000177. The number of carbonyl (C=O) groups excluding carboxylic acids is 2. The molecule has 0 amide bonds. The van der Waals surface area contributed by atoms with E-state index >= 15 is 0 Å². The van der Waals surface area contributed by atoms with Gasteiger partial charge in [-0.1, -0.05) is 85.0 Å². The molecule has 8 rings (SSSR count). The molecule has 0 aromatic carbocycles. The Bertz CT molecular complexity index is 1620. The van der Waals surface area contributed by atoms with E-state index in [0.29, 0.717) is 33.7 Å². The quantitative estimate of drug-likeness (QED) is 0.230. The Morgan fingerprint density at radius 3 is 1.72 bits per heavy atom. The molecule has 0 heterocycles. The maximum Gasteiger partial charge on any atom is 0.156 e. The number of ketones is 2. The lowest BCUT2D eigenvalue weighted by Crippen LogP contribution is -2.51. The monoisotopic (exact) mass is 797 g/mol. The minimum atomic E-state index is -0.0329. The van der Waals surface area contributed by atoms with Crippen molar-refractivity contribution in [2.45, 2.75) is 209 Å². The van der Waals surface area contributed by atoms with E-state index in [0.717, 1.165) is 91.8 Å². The number of hydrogen-bond acceptors (Lipinski definition) is 4. The summed E-state index contributed by atoms with van der Waals surface area (Å²) in [6.45, 7) is 23.9. The highest BCUT2D eigenvalue weighted by atomic mass is 16.1. The van der Waals surface area contributed by atoms with Crippen LogP contribution in [0.5, 0.6) is 0 Å². The minimum absolute atomic E-state index is 0.0238. The van der Waals surface area contributed by atoms with E-state index in [1.807, 2.05) is 12.2 Å². The van der Waals surface area contributed by atoms with Crippen LogP contribution in [-0.4, -0.2) is 22.6 Å². The second kappa shape index (κ2) is 16.3. The van der Waals surface area contributed by atoms with Crippen molar-refractivity contribution >= 4 is 11.6 Å². The summed E-state index contributed by atoms with van der Waals surface area (Å²) in [6, 6.07) is 0. The predicted octanol–water partition coefficient (Wildman–Crippen LogP) is 13.1. The fourth-order valence-corrected chi connectivity index (χ4v) is 16.7. The van der Waals surface area contributed by atoms with Crippen molar-refractivity contribution in [3.63, 3.8) is 0 Å². The lowest BCUT2D eigenvalue weighted by Gasteiger charge is -2.58. The standard InChI is InChI=1S/C27H45NO.C27H43NO/c2*1-18(7-6-14-25(2,3)28)22-10-11-23-21-9-8-19-17-20(29)12-15-26(19,4)24(21)13-16-27(22,23)5/h17-18,21-24H,6-16,28H2,1-5H3;8-9,17-18,21-24H,6-7,10-16,28H2,1-5H3/t2*18-,21+,22-,23+,24+,26+,27-/m11/s1. The van der Waals surface area contributed by atoms with Gasteiger partial charge in [-0.25, -0.2) is 0 Å². The number of nitrogens with two attached hydrogens (primary N) is 2. The van der Waals surface area contributed by atoms with E-state index in [4.69, 9.17) is 11.5 Å². The summed E-state index contributed by atoms with van der Waals surface area (Å²) in [5.74, 6) is 8.99. The fraction of sp³-hybridized carbons (Fsp3) is 0.852. The van der Waals surface area contributed by atoms with Crippen molar-refractivity contribution in [2.24, 2.45) is 92.3 Å². The van der Waals surface area contributed by atoms with Gasteiger partial charge in [0.15, 0.2) is 11.6 Å². The lowest BCUT2D eigenvalue weighted by molar-refractivity contribution is -0.118. The lowest BCUT2D eigenvalue weighted by atomic mass is 9.46. The Morgan fingerprint density at radius 2 is 1.14 bits per heavy atom. The molecular weight excluding hydrogens is 709 g/mol. The number of fused-ring (bicyclic) bond motifs is 10. The average Bonchev–Trinajstić information content (AvgIpc) is 3.68. The average molecular weight is 797 g/mol. The van der Waals surface area contributed by atoms with Crippen molar-refractivity contribution in [1.82, 2.24) is 0 Å². The highest BCUT2D eigenvalue weighted by Gasteiger charge is 2.60. The van der Waals surface area contributed by atoms with E-state index in [-0.39, 0.29) is 16.5 Å². The van der Waals surface area contributed by atoms with Gasteiger partial charge in [-0.05, 0) is 216 Å². The zero-order chi connectivity index (χ0) is 42.1. The summed E-state index contributed by atoms with van der Waals surface area (Å²) >= 11 is 0. The molecule has 4 nitrogen and oxygen atoms in total. The van der Waals surface area contributed by atoms with Gasteiger partial charge in [0.25, 0.3) is 0 Å². The molecule has 0 saturated heterocycles. The van der Waals surface area contributed by atoms with Crippen molar-refractivity contribution in [2.75, 3.05) is 0 Å². The van der Waals surface area contributed by atoms with Crippen LogP contribution >= 0.6 is 0 Å². The van der Waals surface area contributed by atoms with Crippen LogP contribution in [-0.2, 0) is 9.59 Å². The van der Waals surface area contributed by atoms with Crippen molar-refractivity contribution in [3.05, 3.63) is 35.5 Å². The molecule has 0 aromatic heterocycles. The first-order valence-electron chi connectivity index (χ1n) is 24.8. The summed E-state index contributed by atoms with van der Waals surface area (Å²) in [7, 11) is 0. The molecule has 0 aliphatic heterocycles. The molecule has 326 valence electrons. The second-order valence-corrected chi connectivity index (χ2v) is 24.8. The first-order valence-corrected chi connectivity index (χ1v) is 24.8. The third kappa shape index (κ3) is 8.37. The first kappa shape index (κ1) is 44.5. The summed E-state index contributed by atoms with van der Waals surface area (Å²) in [5, 5.41) is 0. The van der Waals surface area contributed by atoms with Gasteiger partial charge in [-0.3, -0.25) is 9.59 Å². The van der Waals surface area contributed by atoms with Crippen LogP contribution in [0.25, 0.3) is 0 Å². The SMILES string of the molecule is C[C@H](CCCC(C)(C)N)[C@H]1CC[C@H]2[C@@H]3C=CC4=CC(=O)CC[C@]4(C)[C@H]3CC[C@]12C.C[C@H](CCCC(C)(C)N)[C@H]1CC[C@H]2[C@@H]3CCC4=CC(=O)CC[C@]4(C)[C@H]3CC[C@]12C. The Morgan fingerprint density at radius 1 is 0.621 bits per heavy atom. The normalized spacial score (nSPS) is 43.0. The van der Waals surface area contributed by atoms with Crippen molar-refractivity contribution in [3.8, 4) is 0 Å². The molecule has 14 atom stereocenters. The Hall–Kier alpha value is -1.52. The van der Waals surface area contributed by atoms with Crippen LogP contribution < -0.4 is 11.5 Å². The molecule has 8 aliphatic rings. The minimum Gasteiger partial charge on any atom is -0.326 e. The molecule has 0 spiro atoms. The number of hydrogen-bond donors (Lipinski definition) is 2. The maximum atomic E-state index is 12.0. The number of rotatable bonds is 10. The highest BCUT2D eigenvalue weighted by molar-refractivity contribution is 5.92. The van der Waals surface area contributed by atoms with Gasteiger partial charge in [-0.15, -0.1) is 0 Å². The van der Waals surface area contributed by atoms with Gasteiger partial charge in [0.2, 0.25) is 0 Å². The molecule has 8 aliphatic carbocycles. The molecule has 0 bridgehead atoms. The van der Waals surface area contributed by atoms with Crippen LogP contribution in [0.4, 0.5) is 0 Å². The predicted molar refractivity (Wildman–Crippen MR) is 243 cm³/mol. The third-order valence-electron chi connectivity index (χ3n) is 20.0. The summed E-state index contributed by atoms with van der Waals surface area (Å²) in [4.78, 5) is 24.0. The van der Waals surface area contributed by atoms with Crippen LogP contribution in [0.2, 0.25) is 0 Å². The van der Waals surface area contributed by atoms with Crippen molar-refractivity contribution in [1.29, 1.82) is 0 Å². The maximum absolute atomic E-state index is 12.0. The number of carbonyl (C=O) groups is 2. The smallest absolute Gasteiger partial charge is 0.156 e. The highest BCUT2D eigenvalue weighted by Crippen LogP contribution is 2.69. The molecule has 5 saturated carbocycles. The Labute approximate surface area is 356 Å². The van der Waals surface area contributed by atoms with E-state index in [9.17, 15) is 9.59 Å². The van der Waals surface area contributed by atoms with Gasteiger partial charge >= 0.3 is 0 Å². The van der Waals surface area contributed by atoms with Gasteiger partial charge in [0.05, 0.1) is 0 Å². The first-order chi connectivity index (χ1) is 27.1. The molecule has 58 heavy (non-hydrogen) atoms. The topological polar surface area (TPSA) is 86.2 Å². The van der Waals surface area contributed by atoms with Crippen LogP contribution in [0.15, 0.2) is 35.5 Å². The fourth-order valence-electron chi connectivity index (χ4n) is 16.7. The largest absolute Gasteiger partial charge is 0.326 e. The van der Waals surface area contributed by atoms with E-state index in [1.54, 1.807) is 0 Å². The van der Waals surface area contributed by atoms with Crippen molar-refractivity contribution < 1.29 is 9.59 Å². The van der Waals surface area contributed by atoms with Crippen LogP contribution in [0.1, 0.15) is 198 Å². The molecule has 5 fully saturated rings. The second-order valence-electron chi connectivity index (χ2n) is 24.8. The molecule has 0 aromatic rings. The molecule has 0 unspecified atom stereocenters. The third-order valence-corrected chi connectivity index (χ3v) is 20.0. The van der Waals surface area contributed by atoms with E-state index in [2.05, 4.69) is 81.4 Å². The summed E-state index contributed by atoms with van der Waals surface area (Å²) in [6.07, 6.45) is 33.7.